The first kappa shape index (κ1) is 14.1. The SMILES string of the molecule is Cc1nc2ccccc2n1CCOc1ccc(C(=O)[O-])cc1. The molecule has 0 saturated heterocycles. The standard InChI is InChI=1S/C17H16N2O3/c1-12-18-15-4-2-3-5-16(15)19(12)10-11-22-14-8-6-13(7-9-14)17(20)21/h2-9H,10-11H2,1H3,(H,20,21)/p-1. The fraction of sp³-hybridized carbons (Fsp3) is 0.176. The largest absolute Gasteiger partial charge is 0.545 e. The number of carboxylic acid groups (broad SMARTS) is 1. The molecule has 1 heterocycles. The number of carbonyl (C=O) groups is 1. The molecule has 0 unspecified atom stereocenters. The second-order valence-corrected chi connectivity index (χ2v) is 4.96. The minimum Gasteiger partial charge on any atom is -0.545 e. The summed E-state index contributed by atoms with van der Waals surface area (Å²) in [6, 6.07) is 14.2. The van der Waals surface area contributed by atoms with Gasteiger partial charge in [-0.2, -0.15) is 0 Å². The average Bonchev–Trinajstić information content (AvgIpc) is 2.84. The predicted octanol–water partition coefficient (Wildman–Crippen LogP) is 1.79. The highest BCUT2D eigenvalue weighted by Gasteiger charge is 2.06. The van der Waals surface area contributed by atoms with Crippen LogP contribution in [-0.2, 0) is 6.54 Å². The van der Waals surface area contributed by atoms with Crippen LogP contribution in [0.4, 0.5) is 0 Å². The van der Waals surface area contributed by atoms with Crippen LogP contribution in [0.5, 0.6) is 5.75 Å². The Kier molecular flexibility index (Phi) is 3.78. The quantitative estimate of drug-likeness (QED) is 0.719. The molecule has 0 aliphatic rings. The number of hydrogen-bond donors (Lipinski definition) is 0. The van der Waals surface area contributed by atoms with E-state index in [1.54, 1.807) is 12.1 Å². The third-order valence-corrected chi connectivity index (χ3v) is 3.52. The lowest BCUT2D eigenvalue weighted by Crippen LogP contribution is -2.21. The van der Waals surface area contributed by atoms with E-state index < -0.39 is 5.97 Å². The molecule has 0 amide bonds. The van der Waals surface area contributed by atoms with E-state index in [0.29, 0.717) is 18.9 Å². The summed E-state index contributed by atoms with van der Waals surface area (Å²) in [6.07, 6.45) is 0. The molecule has 3 aromatic rings. The summed E-state index contributed by atoms with van der Waals surface area (Å²) in [5.41, 5.74) is 2.19. The Morgan fingerprint density at radius 3 is 2.64 bits per heavy atom. The van der Waals surface area contributed by atoms with Gasteiger partial charge in [0.25, 0.3) is 0 Å². The van der Waals surface area contributed by atoms with E-state index >= 15 is 0 Å². The number of imidazole rings is 1. The van der Waals surface area contributed by atoms with Crippen LogP contribution in [0.3, 0.4) is 0 Å². The summed E-state index contributed by atoms with van der Waals surface area (Å²) >= 11 is 0. The van der Waals surface area contributed by atoms with Crippen molar-refractivity contribution in [1.82, 2.24) is 9.55 Å². The van der Waals surface area contributed by atoms with Gasteiger partial charge in [0.15, 0.2) is 0 Å². The van der Waals surface area contributed by atoms with Gasteiger partial charge in [0.05, 0.1) is 23.5 Å². The van der Waals surface area contributed by atoms with Gasteiger partial charge < -0.3 is 19.2 Å². The van der Waals surface area contributed by atoms with Crippen LogP contribution in [0.1, 0.15) is 16.2 Å². The van der Waals surface area contributed by atoms with Gasteiger partial charge in [-0.05, 0) is 48.9 Å². The molecule has 0 spiro atoms. The monoisotopic (exact) mass is 295 g/mol. The van der Waals surface area contributed by atoms with E-state index in [-0.39, 0.29) is 5.56 Å². The molecule has 2 aromatic carbocycles. The topological polar surface area (TPSA) is 67.2 Å². The normalized spacial score (nSPS) is 10.8. The predicted molar refractivity (Wildman–Crippen MR) is 80.7 cm³/mol. The fourth-order valence-corrected chi connectivity index (χ4v) is 2.42. The molecule has 0 saturated carbocycles. The number of aryl methyl sites for hydroxylation is 1. The van der Waals surface area contributed by atoms with Gasteiger partial charge in [-0.25, -0.2) is 4.98 Å². The van der Waals surface area contributed by atoms with E-state index in [1.807, 2.05) is 31.2 Å². The van der Waals surface area contributed by atoms with Gasteiger partial charge in [0, 0.05) is 0 Å². The Balaban J connectivity index is 1.67. The fourth-order valence-electron chi connectivity index (χ4n) is 2.42. The summed E-state index contributed by atoms with van der Waals surface area (Å²) in [5, 5.41) is 10.7. The number of para-hydroxylation sites is 2. The molecule has 5 nitrogen and oxygen atoms in total. The molecule has 1 aromatic heterocycles. The second kappa shape index (κ2) is 5.89. The van der Waals surface area contributed by atoms with Crippen molar-refractivity contribution in [3.63, 3.8) is 0 Å². The van der Waals surface area contributed by atoms with E-state index in [0.717, 1.165) is 16.9 Å². The number of fused-ring (bicyclic) bond motifs is 1. The lowest BCUT2D eigenvalue weighted by molar-refractivity contribution is -0.255. The Morgan fingerprint density at radius 1 is 1.18 bits per heavy atom. The average molecular weight is 295 g/mol. The number of hydrogen-bond acceptors (Lipinski definition) is 4. The van der Waals surface area contributed by atoms with Gasteiger partial charge >= 0.3 is 0 Å². The number of carbonyl (C=O) groups excluding carboxylic acids is 1. The summed E-state index contributed by atoms with van der Waals surface area (Å²) in [4.78, 5) is 15.2. The van der Waals surface area contributed by atoms with Crippen LogP contribution >= 0.6 is 0 Å². The van der Waals surface area contributed by atoms with Crippen molar-refractivity contribution in [2.45, 2.75) is 13.5 Å². The zero-order valence-electron chi connectivity index (χ0n) is 12.2. The molecule has 3 rings (SSSR count). The maximum absolute atomic E-state index is 10.7. The van der Waals surface area contributed by atoms with Crippen molar-refractivity contribution in [3.05, 3.63) is 59.9 Å². The molecule has 5 heteroatoms. The molecule has 0 N–H and O–H groups in total. The molecule has 0 atom stereocenters. The van der Waals surface area contributed by atoms with Crippen LogP contribution in [0.2, 0.25) is 0 Å². The summed E-state index contributed by atoms with van der Waals surface area (Å²) in [6.45, 7) is 3.12. The Bertz CT molecular complexity index is 806. The minimum absolute atomic E-state index is 0.142. The molecule has 112 valence electrons. The summed E-state index contributed by atoms with van der Waals surface area (Å²) < 4.78 is 7.76. The van der Waals surface area contributed by atoms with E-state index in [4.69, 9.17) is 4.74 Å². The molecule has 0 fully saturated rings. The van der Waals surface area contributed by atoms with Crippen molar-refractivity contribution >= 4 is 17.0 Å². The number of carboxylic acids is 1. The van der Waals surface area contributed by atoms with E-state index in [9.17, 15) is 9.90 Å². The first-order chi connectivity index (χ1) is 10.6. The van der Waals surface area contributed by atoms with Crippen LogP contribution in [0.25, 0.3) is 11.0 Å². The van der Waals surface area contributed by atoms with Crippen molar-refractivity contribution < 1.29 is 14.6 Å². The van der Waals surface area contributed by atoms with Crippen LogP contribution in [0.15, 0.2) is 48.5 Å². The zero-order valence-corrected chi connectivity index (χ0v) is 12.2. The van der Waals surface area contributed by atoms with Crippen molar-refractivity contribution in [2.75, 3.05) is 6.61 Å². The van der Waals surface area contributed by atoms with Crippen molar-refractivity contribution in [1.29, 1.82) is 0 Å². The number of aromatic nitrogens is 2. The minimum atomic E-state index is -1.19. The zero-order chi connectivity index (χ0) is 15.5. The van der Waals surface area contributed by atoms with Gasteiger partial charge in [0.2, 0.25) is 0 Å². The van der Waals surface area contributed by atoms with Crippen molar-refractivity contribution in [2.24, 2.45) is 0 Å². The molecular weight excluding hydrogens is 280 g/mol. The smallest absolute Gasteiger partial charge is 0.119 e. The van der Waals surface area contributed by atoms with Gasteiger partial charge in [0.1, 0.15) is 18.2 Å². The van der Waals surface area contributed by atoms with Gasteiger partial charge in [-0.3, -0.25) is 0 Å². The number of ether oxygens (including phenoxy) is 1. The lowest BCUT2D eigenvalue weighted by atomic mass is 10.2. The summed E-state index contributed by atoms with van der Waals surface area (Å²) in [7, 11) is 0. The van der Waals surface area contributed by atoms with Crippen LogP contribution < -0.4 is 9.84 Å². The van der Waals surface area contributed by atoms with Crippen molar-refractivity contribution in [3.8, 4) is 5.75 Å². The second-order valence-electron chi connectivity index (χ2n) is 4.96. The number of nitrogens with zero attached hydrogens (tertiary/aromatic N) is 2. The number of aromatic carboxylic acids is 1. The molecule has 0 aliphatic heterocycles. The summed E-state index contributed by atoms with van der Waals surface area (Å²) in [5.74, 6) is 0.385. The molecule has 22 heavy (non-hydrogen) atoms. The molecule has 0 bridgehead atoms. The highest BCUT2D eigenvalue weighted by molar-refractivity contribution is 5.85. The third kappa shape index (κ3) is 2.79. The third-order valence-electron chi connectivity index (χ3n) is 3.52. The van der Waals surface area contributed by atoms with Gasteiger partial charge in [-0.15, -0.1) is 0 Å². The molecule has 0 radical (unpaired) electrons. The Morgan fingerprint density at radius 2 is 1.91 bits per heavy atom. The molecular formula is C17H15N2O3-. The highest BCUT2D eigenvalue weighted by atomic mass is 16.5. The maximum Gasteiger partial charge on any atom is 0.119 e. The Hall–Kier alpha value is -2.82. The van der Waals surface area contributed by atoms with Gasteiger partial charge in [-0.1, -0.05) is 12.1 Å². The first-order valence-electron chi connectivity index (χ1n) is 7.01. The number of rotatable bonds is 5. The van der Waals surface area contributed by atoms with Crippen LogP contribution in [-0.4, -0.2) is 22.1 Å². The molecule has 0 aliphatic carbocycles. The first-order valence-corrected chi connectivity index (χ1v) is 7.01. The van der Waals surface area contributed by atoms with E-state index in [2.05, 4.69) is 9.55 Å². The number of benzene rings is 2. The maximum atomic E-state index is 10.7. The highest BCUT2D eigenvalue weighted by Crippen LogP contribution is 2.16. The lowest BCUT2D eigenvalue weighted by Gasteiger charge is -2.10. The van der Waals surface area contributed by atoms with E-state index in [1.165, 1.54) is 12.1 Å². The van der Waals surface area contributed by atoms with Crippen LogP contribution in [0, 0.1) is 6.92 Å². The Labute approximate surface area is 127 Å².